The number of halogens is 3. The summed E-state index contributed by atoms with van der Waals surface area (Å²) in [7, 11) is 0. The van der Waals surface area contributed by atoms with Crippen LogP contribution in [0.2, 0.25) is 0 Å². The third kappa shape index (κ3) is 6.34. The van der Waals surface area contributed by atoms with Crippen LogP contribution in [0.1, 0.15) is 52.8 Å². The van der Waals surface area contributed by atoms with Gasteiger partial charge in [-0.3, -0.25) is 4.98 Å². The normalized spacial score (nSPS) is 15.0. The average molecular weight is 316 g/mol. The summed E-state index contributed by atoms with van der Waals surface area (Å²) in [6, 6.07) is 3.65. The zero-order valence-electron chi connectivity index (χ0n) is 14.3. The molecule has 0 amide bonds. The molecule has 1 aromatic heterocycles. The molecule has 0 spiro atoms. The SMILES string of the molecule is CC(C)(C)NC[C@H](Cc1cc(C(C)(C)C)ccn1)C(F)(F)F. The van der Waals surface area contributed by atoms with Gasteiger partial charge in [-0.2, -0.15) is 13.2 Å². The molecule has 1 rings (SSSR count). The summed E-state index contributed by atoms with van der Waals surface area (Å²) in [5.41, 5.74) is 1.05. The van der Waals surface area contributed by atoms with E-state index >= 15 is 0 Å². The van der Waals surface area contributed by atoms with Gasteiger partial charge in [-0.1, -0.05) is 20.8 Å². The van der Waals surface area contributed by atoms with E-state index in [0.29, 0.717) is 5.69 Å². The first-order valence-electron chi connectivity index (χ1n) is 7.56. The summed E-state index contributed by atoms with van der Waals surface area (Å²) in [5, 5.41) is 2.95. The maximum absolute atomic E-state index is 13.2. The number of alkyl halides is 3. The largest absolute Gasteiger partial charge is 0.393 e. The highest BCUT2D eigenvalue weighted by Gasteiger charge is 2.40. The Morgan fingerprint density at radius 3 is 2.14 bits per heavy atom. The van der Waals surface area contributed by atoms with Gasteiger partial charge >= 0.3 is 6.18 Å². The van der Waals surface area contributed by atoms with Gasteiger partial charge in [-0.05, 0) is 43.9 Å². The molecule has 126 valence electrons. The number of nitrogens with zero attached hydrogens (tertiary/aromatic N) is 1. The molecule has 5 heteroatoms. The van der Waals surface area contributed by atoms with Crippen molar-refractivity contribution < 1.29 is 13.2 Å². The molecule has 0 aliphatic rings. The lowest BCUT2D eigenvalue weighted by Gasteiger charge is -2.27. The summed E-state index contributed by atoms with van der Waals surface area (Å²) in [6.45, 7) is 11.6. The van der Waals surface area contributed by atoms with Crippen molar-refractivity contribution >= 4 is 0 Å². The topological polar surface area (TPSA) is 24.9 Å². The molecule has 0 saturated carbocycles. The van der Waals surface area contributed by atoms with Crippen molar-refractivity contribution in [2.45, 2.75) is 65.1 Å². The number of rotatable bonds is 4. The predicted octanol–water partition coefficient (Wildman–Crippen LogP) is 4.49. The van der Waals surface area contributed by atoms with Gasteiger partial charge in [-0.15, -0.1) is 0 Å². The van der Waals surface area contributed by atoms with Crippen molar-refractivity contribution in [2.24, 2.45) is 5.92 Å². The fourth-order valence-electron chi connectivity index (χ4n) is 2.04. The van der Waals surface area contributed by atoms with Crippen LogP contribution in [0, 0.1) is 5.92 Å². The van der Waals surface area contributed by atoms with Gasteiger partial charge in [0.1, 0.15) is 0 Å². The highest BCUT2D eigenvalue weighted by molar-refractivity contribution is 5.24. The Morgan fingerprint density at radius 2 is 1.68 bits per heavy atom. The van der Waals surface area contributed by atoms with Crippen LogP contribution in [-0.2, 0) is 11.8 Å². The van der Waals surface area contributed by atoms with Crippen LogP contribution in [-0.4, -0.2) is 23.2 Å². The quantitative estimate of drug-likeness (QED) is 0.885. The summed E-state index contributed by atoms with van der Waals surface area (Å²) in [6.07, 6.45) is -2.74. The van der Waals surface area contributed by atoms with Gasteiger partial charge in [0.15, 0.2) is 0 Å². The van der Waals surface area contributed by atoms with Crippen LogP contribution in [0.5, 0.6) is 0 Å². The Labute approximate surface area is 131 Å². The van der Waals surface area contributed by atoms with Gasteiger partial charge in [0, 0.05) is 30.4 Å². The lowest BCUT2D eigenvalue weighted by atomic mass is 9.86. The summed E-state index contributed by atoms with van der Waals surface area (Å²) in [5.74, 6) is -1.44. The van der Waals surface area contributed by atoms with E-state index < -0.39 is 12.1 Å². The molecule has 0 saturated heterocycles. The maximum Gasteiger partial charge on any atom is 0.393 e. The van der Waals surface area contributed by atoms with Gasteiger partial charge in [0.05, 0.1) is 5.92 Å². The van der Waals surface area contributed by atoms with Gasteiger partial charge < -0.3 is 5.32 Å². The molecule has 1 N–H and O–H groups in total. The Kier molecular flexibility index (Phi) is 5.66. The second-order valence-electron chi connectivity index (χ2n) is 7.86. The maximum atomic E-state index is 13.2. The van der Waals surface area contributed by atoms with Crippen molar-refractivity contribution in [3.8, 4) is 0 Å². The smallest absolute Gasteiger partial charge is 0.311 e. The molecular formula is C17H27F3N2. The first-order chi connectivity index (χ1) is 9.79. The van der Waals surface area contributed by atoms with E-state index in [4.69, 9.17) is 0 Å². The lowest BCUT2D eigenvalue weighted by molar-refractivity contribution is -0.173. The monoisotopic (exact) mass is 316 g/mol. The average Bonchev–Trinajstić information content (AvgIpc) is 2.31. The van der Waals surface area contributed by atoms with Gasteiger partial charge in [0.2, 0.25) is 0 Å². The second kappa shape index (κ2) is 6.57. The molecule has 1 aromatic rings. The zero-order chi connectivity index (χ0) is 17.2. The van der Waals surface area contributed by atoms with Crippen molar-refractivity contribution in [2.75, 3.05) is 6.54 Å². The highest BCUT2D eigenvalue weighted by atomic mass is 19.4. The molecule has 22 heavy (non-hydrogen) atoms. The standard InChI is InChI=1S/C17H27F3N2/c1-15(2,3)12-7-8-21-14(9-12)10-13(17(18,19)20)11-22-16(4,5)6/h7-9,13,22H,10-11H2,1-6H3/t13-/m0/s1. The molecule has 1 heterocycles. The molecule has 2 nitrogen and oxygen atoms in total. The van der Waals surface area contributed by atoms with Crippen LogP contribution in [0.15, 0.2) is 18.3 Å². The van der Waals surface area contributed by atoms with E-state index in [9.17, 15) is 13.2 Å². The molecular weight excluding hydrogens is 289 g/mol. The van der Waals surface area contributed by atoms with Crippen molar-refractivity contribution in [3.63, 3.8) is 0 Å². The predicted molar refractivity (Wildman–Crippen MR) is 83.9 cm³/mol. The molecule has 0 fully saturated rings. The van der Waals surface area contributed by atoms with Crippen LogP contribution in [0.25, 0.3) is 0 Å². The number of aromatic nitrogens is 1. The molecule has 0 unspecified atom stereocenters. The lowest BCUT2D eigenvalue weighted by Crippen LogP contribution is -2.43. The third-order valence-corrected chi connectivity index (χ3v) is 3.48. The van der Waals surface area contributed by atoms with E-state index in [2.05, 4.69) is 10.3 Å². The summed E-state index contributed by atoms with van der Waals surface area (Å²) in [4.78, 5) is 4.12. The van der Waals surface area contributed by atoms with Crippen LogP contribution < -0.4 is 5.32 Å². The van der Waals surface area contributed by atoms with E-state index in [1.807, 2.05) is 47.6 Å². The second-order valence-corrected chi connectivity index (χ2v) is 7.86. The fraction of sp³-hybridized carbons (Fsp3) is 0.706. The summed E-state index contributed by atoms with van der Waals surface area (Å²) >= 11 is 0. The first-order valence-corrected chi connectivity index (χ1v) is 7.56. The Balaban J connectivity index is 2.91. The minimum absolute atomic E-state index is 0.101. The number of pyridine rings is 1. The van der Waals surface area contributed by atoms with Gasteiger partial charge in [0.25, 0.3) is 0 Å². The number of hydrogen-bond acceptors (Lipinski definition) is 2. The Morgan fingerprint density at radius 1 is 1.09 bits per heavy atom. The molecule has 0 aromatic carbocycles. The minimum atomic E-state index is -4.24. The first kappa shape index (κ1) is 18.9. The third-order valence-electron chi connectivity index (χ3n) is 3.48. The van der Waals surface area contributed by atoms with Crippen LogP contribution in [0.3, 0.4) is 0 Å². The van der Waals surface area contributed by atoms with Crippen molar-refractivity contribution in [1.82, 2.24) is 10.3 Å². The van der Waals surface area contributed by atoms with E-state index in [-0.39, 0.29) is 23.9 Å². The van der Waals surface area contributed by atoms with Crippen molar-refractivity contribution in [1.29, 1.82) is 0 Å². The molecule has 0 aliphatic heterocycles. The van der Waals surface area contributed by atoms with E-state index in [1.54, 1.807) is 12.3 Å². The molecule has 0 radical (unpaired) electrons. The highest BCUT2D eigenvalue weighted by Crippen LogP contribution is 2.30. The molecule has 0 bridgehead atoms. The Hall–Kier alpha value is -1.10. The van der Waals surface area contributed by atoms with Gasteiger partial charge in [-0.25, -0.2) is 0 Å². The minimum Gasteiger partial charge on any atom is -0.311 e. The molecule has 0 aliphatic carbocycles. The zero-order valence-corrected chi connectivity index (χ0v) is 14.3. The van der Waals surface area contributed by atoms with Crippen LogP contribution in [0.4, 0.5) is 13.2 Å². The Bertz CT molecular complexity index is 482. The number of nitrogens with one attached hydrogen (secondary N) is 1. The fourth-order valence-corrected chi connectivity index (χ4v) is 2.04. The number of hydrogen-bond donors (Lipinski definition) is 1. The van der Waals surface area contributed by atoms with E-state index in [1.165, 1.54) is 0 Å². The van der Waals surface area contributed by atoms with Crippen molar-refractivity contribution in [3.05, 3.63) is 29.6 Å². The van der Waals surface area contributed by atoms with Crippen LogP contribution >= 0.6 is 0 Å². The summed E-state index contributed by atoms with van der Waals surface area (Å²) < 4.78 is 39.7. The molecule has 1 atom stereocenters. The van der Waals surface area contributed by atoms with E-state index in [0.717, 1.165) is 5.56 Å².